The molecule has 0 heterocycles. The van der Waals surface area contributed by atoms with Crippen LogP contribution in [-0.2, 0) is 16.3 Å². The zero-order valence-electron chi connectivity index (χ0n) is 7.73. The predicted octanol–water partition coefficient (Wildman–Crippen LogP) is 1.11. The smallest absolute Gasteiger partial charge is 0.0947 e. The lowest BCUT2D eigenvalue weighted by Crippen LogP contribution is -2.19. The normalized spacial score (nSPS) is 10.1. The number of hydrogen-bond donors (Lipinski definition) is 1. The van der Waals surface area contributed by atoms with Gasteiger partial charge < -0.3 is 5.11 Å². The summed E-state index contributed by atoms with van der Waals surface area (Å²) in [6.07, 6.45) is 0. The van der Waals surface area contributed by atoms with Gasteiger partial charge in [-0.3, -0.25) is 9.68 Å². The van der Waals surface area contributed by atoms with Gasteiger partial charge in [0, 0.05) is 0 Å². The molecule has 0 saturated heterocycles. The maximum Gasteiger partial charge on any atom is 0.0947 e. The van der Waals surface area contributed by atoms with Crippen molar-refractivity contribution in [3.05, 3.63) is 29.8 Å². The van der Waals surface area contributed by atoms with E-state index in [2.05, 4.69) is 0 Å². The summed E-state index contributed by atoms with van der Waals surface area (Å²) in [6.45, 7) is 0.0419. The third kappa shape index (κ3) is 2.42. The van der Waals surface area contributed by atoms with Gasteiger partial charge in [-0.05, 0) is 17.7 Å². The Morgan fingerprint density at radius 1 is 1.15 bits per heavy atom. The van der Waals surface area contributed by atoms with E-state index in [1.165, 1.54) is 19.4 Å². The third-order valence-corrected chi connectivity index (χ3v) is 1.66. The van der Waals surface area contributed by atoms with Crippen molar-refractivity contribution in [2.24, 2.45) is 0 Å². The number of hydrogen-bond acceptors (Lipinski definition) is 4. The van der Waals surface area contributed by atoms with Gasteiger partial charge in [-0.1, -0.05) is 12.1 Å². The Morgan fingerprint density at radius 2 is 1.69 bits per heavy atom. The van der Waals surface area contributed by atoms with Crippen LogP contribution in [0.3, 0.4) is 0 Å². The zero-order chi connectivity index (χ0) is 9.68. The number of nitrogens with zero attached hydrogens (tertiary/aromatic N) is 1. The van der Waals surface area contributed by atoms with Gasteiger partial charge in [-0.2, -0.15) is 0 Å². The minimum absolute atomic E-state index is 0.0419. The van der Waals surface area contributed by atoms with Crippen LogP contribution >= 0.6 is 0 Å². The van der Waals surface area contributed by atoms with E-state index in [1.54, 1.807) is 24.3 Å². The summed E-state index contributed by atoms with van der Waals surface area (Å²) < 4.78 is 0. The average molecular weight is 183 g/mol. The van der Waals surface area contributed by atoms with Crippen molar-refractivity contribution >= 4 is 5.69 Å². The molecule has 0 aliphatic rings. The van der Waals surface area contributed by atoms with E-state index in [9.17, 15) is 0 Å². The van der Waals surface area contributed by atoms with Gasteiger partial charge >= 0.3 is 0 Å². The highest BCUT2D eigenvalue weighted by Gasteiger charge is 2.02. The van der Waals surface area contributed by atoms with Crippen LogP contribution in [0, 0.1) is 0 Å². The number of aliphatic hydroxyl groups excluding tert-OH is 1. The second-order valence-electron chi connectivity index (χ2n) is 2.45. The Balaban J connectivity index is 2.78. The Labute approximate surface area is 77.2 Å². The highest BCUT2D eigenvalue weighted by molar-refractivity contribution is 5.43. The molecule has 0 bridgehead atoms. The number of rotatable bonds is 4. The summed E-state index contributed by atoms with van der Waals surface area (Å²) in [4.78, 5) is 9.82. The van der Waals surface area contributed by atoms with Crippen LogP contribution < -0.4 is 5.23 Å². The molecule has 4 nitrogen and oxygen atoms in total. The van der Waals surface area contributed by atoms with Crippen molar-refractivity contribution in [3.8, 4) is 0 Å². The molecular formula is C9H13NO3. The Morgan fingerprint density at radius 3 is 2.08 bits per heavy atom. The number of anilines is 1. The van der Waals surface area contributed by atoms with E-state index in [4.69, 9.17) is 14.8 Å². The Kier molecular flexibility index (Phi) is 3.70. The second-order valence-corrected chi connectivity index (χ2v) is 2.45. The summed E-state index contributed by atoms with van der Waals surface area (Å²) >= 11 is 0. The maximum absolute atomic E-state index is 8.81. The Bertz CT molecular complexity index is 244. The summed E-state index contributed by atoms with van der Waals surface area (Å²) in [7, 11) is 3.03. The fraction of sp³-hybridized carbons (Fsp3) is 0.333. The monoisotopic (exact) mass is 183 g/mol. The zero-order valence-corrected chi connectivity index (χ0v) is 7.73. The first-order valence-electron chi connectivity index (χ1n) is 3.90. The lowest BCUT2D eigenvalue weighted by atomic mass is 10.2. The first-order chi connectivity index (χ1) is 6.31. The molecule has 1 N–H and O–H groups in total. The van der Waals surface area contributed by atoms with E-state index in [1.807, 2.05) is 0 Å². The quantitative estimate of drug-likeness (QED) is 0.710. The van der Waals surface area contributed by atoms with Gasteiger partial charge in [-0.25, -0.2) is 0 Å². The fourth-order valence-corrected chi connectivity index (χ4v) is 1.01. The topological polar surface area (TPSA) is 41.9 Å². The first-order valence-corrected chi connectivity index (χ1v) is 3.90. The minimum Gasteiger partial charge on any atom is -0.392 e. The third-order valence-electron chi connectivity index (χ3n) is 1.66. The molecule has 0 amide bonds. The number of benzene rings is 1. The van der Waals surface area contributed by atoms with Gasteiger partial charge in [0.05, 0.1) is 26.5 Å². The lowest BCUT2D eigenvalue weighted by Gasteiger charge is -2.17. The molecule has 0 unspecified atom stereocenters. The van der Waals surface area contributed by atoms with E-state index >= 15 is 0 Å². The Hall–Kier alpha value is -1.10. The van der Waals surface area contributed by atoms with Gasteiger partial charge in [0.25, 0.3) is 0 Å². The van der Waals surface area contributed by atoms with E-state index < -0.39 is 0 Å². The summed E-state index contributed by atoms with van der Waals surface area (Å²) in [5.74, 6) is 0. The highest BCUT2D eigenvalue weighted by Crippen LogP contribution is 2.14. The van der Waals surface area contributed by atoms with Crippen molar-refractivity contribution in [2.75, 3.05) is 19.4 Å². The molecule has 0 saturated carbocycles. The van der Waals surface area contributed by atoms with Crippen molar-refractivity contribution in [2.45, 2.75) is 6.61 Å². The molecule has 0 fully saturated rings. The molecule has 0 spiro atoms. The van der Waals surface area contributed by atoms with Crippen LogP contribution in [-0.4, -0.2) is 19.3 Å². The molecule has 0 aromatic heterocycles. The SMILES string of the molecule is CON(OC)c1ccc(CO)cc1. The molecule has 4 heteroatoms. The van der Waals surface area contributed by atoms with Crippen molar-refractivity contribution in [1.29, 1.82) is 0 Å². The van der Waals surface area contributed by atoms with Crippen LogP contribution in [0.5, 0.6) is 0 Å². The van der Waals surface area contributed by atoms with E-state index in [-0.39, 0.29) is 6.61 Å². The largest absolute Gasteiger partial charge is 0.392 e. The maximum atomic E-state index is 8.81. The molecule has 0 atom stereocenters. The molecule has 13 heavy (non-hydrogen) atoms. The van der Waals surface area contributed by atoms with Crippen molar-refractivity contribution in [1.82, 2.24) is 0 Å². The summed E-state index contributed by atoms with van der Waals surface area (Å²) in [6, 6.07) is 7.22. The highest BCUT2D eigenvalue weighted by atomic mass is 16.9. The van der Waals surface area contributed by atoms with Gasteiger partial charge in [0.2, 0.25) is 0 Å². The van der Waals surface area contributed by atoms with Crippen LogP contribution in [0.1, 0.15) is 5.56 Å². The molecule has 1 aromatic carbocycles. The van der Waals surface area contributed by atoms with Crippen LogP contribution in [0.4, 0.5) is 5.69 Å². The van der Waals surface area contributed by atoms with Crippen LogP contribution in [0.2, 0.25) is 0 Å². The van der Waals surface area contributed by atoms with Gasteiger partial charge in [0.1, 0.15) is 0 Å². The van der Waals surface area contributed by atoms with Gasteiger partial charge in [-0.15, -0.1) is 5.23 Å². The van der Waals surface area contributed by atoms with E-state index in [0.717, 1.165) is 11.3 Å². The predicted molar refractivity (Wildman–Crippen MR) is 48.9 cm³/mol. The lowest BCUT2D eigenvalue weighted by molar-refractivity contribution is -0.0433. The first kappa shape index (κ1) is 9.98. The second kappa shape index (κ2) is 4.81. The molecule has 0 aliphatic heterocycles. The summed E-state index contributed by atoms with van der Waals surface area (Å²) in [5.41, 5.74) is 1.64. The molecule has 1 rings (SSSR count). The van der Waals surface area contributed by atoms with Gasteiger partial charge in [0.15, 0.2) is 0 Å². The molecule has 1 aromatic rings. The fourth-order valence-electron chi connectivity index (χ4n) is 1.01. The molecule has 72 valence electrons. The van der Waals surface area contributed by atoms with Crippen molar-refractivity contribution in [3.63, 3.8) is 0 Å². The molecular weight excluding hydrogens is 170 g/mol. The summed E-state index contributed by atoms with van der Waals surface area (Å²) in [5, 5.41) is 10.1. The van der Waals surface area contributed by atoms with Crippen LogP contribution in [0.25, 0.3) is 0 Å². The minimum atomic E-state index is 0.0419. The average Bonchev–Trinajstić information content (AvgIpc) is 2.21. The standard InChI is InChI=1S/C9H13NO3/c1-12-10(13-2)9-5-3-8(7-11)4-6-9/h3-6,11H,7H2,1-2H3. The number of aliphatic hydroxyl groups is 1. The van der Waals surface area contributed by atoms with Crippen LogP contribution in [0.15, 0.2) is 24.3 Å². The van der Waals surface area contributed by atoms with Crippen molar-refractivity contribution < 1.29 is 14.8 Å². The van der Waals surface area contributed by atoms with E-state index in [0.29, 0.717) is 0 Å². The molecule has 0 radical (unpaired) electrons. The molecule has 0 aliphatic carbocycles.